The SMILES string of the molecule is CC1(C)C(=O)N(CC(CN)c2ccccc2)S1(=O)=O. The Kier molecular flexibility index (Phi) is 3.40. The zero-order chi connectivity index (χ0) is 14.3. The maximum Gasteiger partial charge on any atom is 0.258 e. The van der Waals surface area contributed by atoms with Gasteiger partial charge in [0.2, 0.25) is 0 Å². The minimum absolute atomic E-state index is 0.116. The highest BCUT2D eigenvalue weighted by Crippen LogP contribution is 2.36. The monoisotopic (exact) mass is 282 g/mol. The molecule has 1 heterocycles. The van der Waals surface area contributed by atoms with Gasteiger partial charge in [-0.25, -0.2) is 12.7 Å². The van der Waals surface area contributed by atoms with Crippen LogP contribution in [0.5, 0.6) is 0 Å². The second-order valence-electron chi connectivity index (χ2n) is 5.19. The molecular formula is C13H18N2O3S. The molecule has 1 aliphatic rings. The highest BCUT2D eigenvalue weighted by atomic mass is 32.2. The largest absolute Gasteiger partial charge is 0.330 e. The van der Waals surface area contributed by atoms with E-state index in [1.165, 1.54) is 13.8 Å². The topological polar surface area (TPSA) is 80.5 Å². The van der Waals surface area contributed by atoms with Gasteiger partial charge in [0.25, 0.3) is 15.9 Å². The third-order valence-corrected chi connectivity index (χ3v) is 5.98. The fraction of sp³-hybridized carbons (Fsp3) is 0.462. The van der Waals surface area contributed by atoms with Crippen molar-refractivity contribution in [1.29, 1.82) is 0 Å². The summed E-state index contributed by atoms with van der Waals surface area (Å²) in [7, 11) is -3.53. The van der Waals surface area contributed by atoms with Gasteiger partial charge in [-0.2, -0.15) is 0 Å². The summed E-state index contributed by atoms with van der Waals surface area (Å²) in [6.07, 6.45) is 0. The van der Waals surface area contributed by atoms with Crippen molar-refractivity contribution in [3.63, 3.8) is 0 Å². The Morgan fingerprint density at radius 3 is 2.32 bits per heavy atom. The van der Waals surface area contributed by atoms with E-state index in [2.05, 4.69) is 0 Å². The molecule has 0 bridgehead atoms. The molecule has 1 atom stereocenters. The highest BCUT2D eigenvalue weighted by molar-refractivity contribution is 7.94. The predicted molar refractivity (Wildman–Crippen MR) is 72.9 cm³/mol. The van der Waals surface area contributed by atoms with Gasteiger partial charge in [0.15, 0.2) is 4.75 Å². The molecule has 0 saturated carbocycles. The Morgan fingerprint density at radius 2 is 1.84 bits per heavy atom. The molecule has 1 saturated heterocycles. The van der Waals surface area contributed by atoms with E-state index in [1.54, 1.807) is 0 Å². The van der Waals surface area contributed by atoms with E-state index in [0.717, 1.165) is 9.87 Å². The highest BCUT2D eigenvalue weighted by Gasteiger charge is 2.60. The zero-order valence-electron chi connectivity index (χ0n) is 11.0. The summed E-state index contributed by atoms with van der Waals surface area (Å²) < 4.78 is 23.7. The van der Waals surface area contributed by atoms with Crippen LogP contribution >= 0.6 is 0 Å². The number of hydrogen-bond acceptors (Lipinski definition) is 4. The van der Waals surface area contributed by atoms with Crippen LogP contribution in [-0.2, 0) is 14.8 Å². The standard InChI is InChI=1S/C13H18N2O3S/c1-13(2)12(16)15(19(13,17)18)9-11(8-14)10-6-4-3-5-7-10/h3-7,11H,8-9,14H2,1-2H3. The summed E-state index contributed by atoms with van der Waals surface area (Å²) >= 11 is 0. The Balaban J connectivity index is 2.20. The normalized spacial score (nSPS) is 21.8. The molecule has 1 aromatic rings. The zero-order valence-corrected chi connectivity index (χ0v) is 11.9. The number of carbonyl (C=O) groups is 1. The molecule has 0 aliphatic carbocycles. The van der Waals surface area contributed by atoms with Crippen molar-refractivity contribution < 1.29 is 13.2 Å². The molecule has 1 aliphatic heterocycles. The van der Waals surface area contributed by atoms with Gasteiger partial charge >= 0.3 is 0 Å². The van der Waals surface area contributed by atoms with Crippen LogP contribution in [0.2, 0.25) is 0 Å². The van der Waals surface area contributed by atoms with E-state index in [1.807, 2.05) is 30.3 Å². The Hall–Kier alpha value is -1.40. The molecule has 2 rings (SSSR count). The van der Waals surface area contributed by atoms with Crippen molar-refractivity contribution in [1.82, 2.24) is 4.31 Å². The fourth-order valence-corrected chi connectivity index (χ4v) is 3.75. The number of nitrogens with two attached hydrogens (primary N) is 1. The minimum Gasteiger partial charge on any atom is -0.330 e. The smallest absolute Gasteiger partial charge is 0.258 e. The van der Waals surface area contributed by atoms with Gasteiger partial charge < -0.3 is 5.73 Å². The van der Waals surface area contributed by atoms with E-state index in [0.29, 0.717) is 6.54 Å². The van der Waals surface area contributed by atoms with Gasteiger partial charge in [-0.1, -0.05) is 30.3 Å². The maximum atomic E-state index is 12.0. The van der Waals surface area contributed by atoms with Crippen LogP contribution in [0, 0.1) is 0 Å². The molecule has 5 nitrogen and oxygen atoms in total. The average molecular weight is 282 g/mol. The molecule has 1 fully saturated rings. The minimum atomic E-state index is -3.53. The third-order valence-electron chi connectivity index (χ3n) is 3.62. The van der Waals surface area contributed by atoms with Crippen LogP contribution < -0.4 is 5.73 Å². The van der Waals surface area contributed by atoms with Crippen molar-refractivity contribution in [3.05, 3.63) is 35.9 Å². The van der Waals surface area contributed by atoms with E-state index in [9.17, 15) is 13.2 Å². The molecule has 19 heavy (non-hydrogen) atoms. The summed E-state index contributed by atoms with van der Waals surface area (Å²) in [6, 6.07) is 9.40. The molecular weight excluding hydrogens is 264 g/mol. The molecule has 6 heteroatoms. The molecule has 0 aromatic heterocycles. The number of carbonyl (C=O) groups excluding carboxylic acids is 1. The first kappa shape index (κ1) is 14.0. The Bertz CT molecular complexity index is 581. The van der Waals surface area contributed by atoms with E-state index in [-0.39, 0.29) is 18.4 Å². The first-order valence-corrected chi connectivity index (χ1v) is 7.58. The van der Waals surface area contributed by atoms with Gasteiger partial charge in [-0.05, 0) is 19.4 Å². The van der Waals surface area contributed by atoms with Crippen molar-refractivity contribution >= 4 is 15.9 Å². The van der Waals surface area contributed by atoms with Gasteiger partial charge in [0, 0.05) is 19.0 Å². The number of hydrogen-bond donors (Lipinski definition) is 1. The lowest BCUT2D eigenvalue weighted by molar-refractivity contribution is -0.132. The lowest BCUT2D eigenvalue weighted by Crippen LogP contribution is -2.67. The lowest BCUT2D eigenvalue weighted by Gasteiger charge is -2.44. The number of benzene rings is 1. The first-order valence-electron chi connectivity index (χ1n) is 6.14. The molecule has 0 spiro atoms. The van der Waals surface area contributed by atoms with Crippen LogP contribution in [0.1, 0.15) is 25.3 Å². The van der Waals surface area contributed by atoms with E-state index < -0.39 is 14.8 Å². The van der Waals surface area contributed by atoms with Crippen molar-refractivity contribution in [2.24, 2.45) is 5.73 Å². The summed E-state index contributed by atoms with van der Waals surface area (Å²) in [5.74, 6) is -0.530. The Labute approximate surface area is 113 Å². The number of rotatable bonds is 4. The lowest BCUT2D eigenvalue weighted by atomic mass is 9.99. The molecule has 104 valence electrons. The average Bonchev–Trinajstić information content (AvgIpc) is 2.39. The Morgan fingerprint density at radius 1 is 1.26 bits per heavy atom. The van der Waals surface area contributed by atoms with Crippen molar-refractivity contribution in [3.8, 4) is 0 Å². The van der Waals surface area contributed by atoms with Gasteiger partial charge in [-0.3, -0.25) is 4.79 Å². The maximum absolute atomic E-state index is 12.0. The molecule has 2 N–H and O–H groups in total. The van der Waals surface area contributed by atoms with Gasteiger partial charge in [0.05, 0.1) is 0 Å². The quantitative estimate of drug-likeness (QED) is 0.880. The van der Waals surface area contributed by atoms with Crippen LogP contribution in [0.4, 0.5) is 0 Å². The van der Waals surface area contributed by atoms with Crippen LogP contribution in [0.25, 0.3) is 0 Å². The van der Waals surface area contributed by atoms with Crippen LogP contribution in [0.15, 0.2) is 30.3 Å². The summed E-state index contributed by atoms with van der Waals surface area (Å²) in [4.78, 5) is 11.9. The van der Waals surface area contributed by atoms with Gasteiger partial charge in [0.1, 0.15) is 0 Å². The van der Waals surface area contributed by atoms with Crippen molar-refractivity contribution in [2.45, 2.75) is 24.5 Å². The number of nitrogens with zero attached hydrogens (tertiary/aromatic N) is 1. The predicted octanol–water partition coefficient (Wildman–Crippen LogP) is 0.680. The molecule has 1 aromatic carbocycles. The van der Waals surface area contributed by atoms with E-state index >= 15 is 0 Å². The summed E-state index contributed by atoms with van der Waals surface area (Å²) in [5.41, 5.74) is 6.64. The number of amides is 1. The van der Waals surface area contributed by atoms with Gasteiger partial charge in [-0.15, -0.1) is 0 Å². The van der Waals surface area contributed by atoms with Crippen LogP contribution in [0.3, 0.4) is 0 Å². The fourth-order valence-electron chi connectivity index (χ4n) is 2.18. The molecule has 1 amide bonds. The van der Waals surface area contributed by atoms with Crippen LogP contribution in [-0.4, -0.2) is 36.5 Å². The molecule has 0 radical (unpaired) electrons. The second kappa shape index (κ2) is 4.61. The van der Waals surface area contributed by atoms with Crippen molar-refractivity contribution in [2.75, 3.05) is 13.1 Å². The summed E-state index contributed by atoms with van der Waals surface area (Å²) in [6.45, 7) is 3.27. The number of sulfonamides is 1. The first-order chi connectivity index (χ1) is 8.82. The summed E-state index contributed by atoms with van der Waals surface area (Å²) in [5, 5.41) is 0. The third kappa shape index (κ3) is 2.04. The van der Waals surface area contributed by atoms with E-state index in [4.69, 9.17) is 5.73 Å². The molecule has 1 unspecified atom stereocenters. The second-order valence-corrected chi connectivity index (χ2v) is 7.61.